The van der Waals surface area contributed by atoms with Gasteiger partial charge in [-0.1, -0.05) is 49.5 Å². The maximum atomic E-state index is 3.50. The van der Waals surface area contributed by atoms with Gasteiger partial charge in [0.05, 0.1) is 0 Å². The summed E-state index contributed by atoms with van der Waals surface area (Å²) in [7, 11) is 3.76. The van der Waals surface area contributed by atoms with Crippen molar-refractivity contribution in [1.29, 1.82) is 0 Å². The Hall–Kier alpha value is 0.142. The minimum absolute atomic E-state index is 0.262. The first-order valence-electron chi connectivity index (χ1n) is 7.93. The molecule has 3 heteroatoms. The first-order valence-corrected chi connectivity index (χ1v) is 10.4. The zero-order valence-electron chi connectivity index (χ0n) is 15.8. The van der Waals surface area contributed by atoms with Crippen molar-refractivity contribution < 1.29 is 18.7 Å². The molecule has 0 heterocycles. The van der Waals surface area contributed by atoms with Crippen molar-refractivity contribution in [3.63, 3.8) is 0 Å². The molecule has 0 amide bonds. The van der Waals surface area contributed by atoms with Crippen LogP contribution in [0, 0.1) is 6.92 Å². The van der Waals surface area contributed by atoms with Crippen molar-refractivity contribution in [2.45, 2.75) is 65.4 Å². The first kappa shape index (κ1) is 24.4. The first-order chi connectivity index (χ1) is 10.2. The average molecular weight is 415 g/mol. The number of hydrogen-bond acceptors (Lipinski definition) is 0. The molecule has 0 bridgehead atoms. The molecule has 0 unspecified atom stereocenters. The summed E-state index contributed by atoms with van der Waals surface area (Å²) in [6, 6.07) is 8.25. The summed E-state index contributed by atoms with van der Waals surface area (Å²) in [4.78, 5) is 0. The maximum absolute atomic E-state index is 3.50. The Labute approximate surface area is 151 Å². The van der Waals surface area contributed by atoms with Gasteiger partial charge in [-0.05, 0) is 17.0 Å². The topological polar surface area (TPSA) is 14.1 Å². The van der Waals surface area contributed by atoms with Gasteiger partial charge in [0, 0.05) is 0 Å². The molecule has 1 aromatic rings. The molecule has 0 fully saturated rings. The van der Waals surface area contributed by atoms with Crippen molar-refractivity contribution in [3.05, 3.63) is 40.7 Å². The summed E-state index contributed by atoms with van der Waals surface area (Å²) in [6.07, 6.45) is 0. The molecule has 0 spiro atoms. The molecule has 22 heavy (non-hydrogen) atoms. The Balaban J connectivity index is 0. The SMILES string of the molecule is CC(C)P(C(C)C)C(C)C.C[N-]C.Cc1ccccc1[CH]=[Pd]. The fraction of sp³-hybridized carbons (Fsp3) is 0.632. The molecular formula is C19H35NPPd-. The van der Waals surface area contributed by atoms with Crippen molar-refractivity contribution >= 4 is 12.4 Å². The van der Waals surface area contributed by atoms with E-state index in [1.807, 2.05) is 16.6 Å². The van der Waals surface area contributed by atoms with Crippen molar-refractivity contribution in [1.82, 2.24) is 0 Å². The predicted molar refractivity (Wildman–Crippen MR) is 104 cm³/mol. The van der Waals surface area contributed by atoms with Gasteiger partial charge in [0.25, 0.3) is 0 Å². The van der Waals surface area contributed by atoms with E-state index in [-0.39, 0.29) is 7.92 Å². The van der Waals surface area contributed by atoms with Crippen LogP contribution in [0.3, 0.4) is 0 Å². The molecular weight excluding hydrogens is 380 g/mol. The quantitative estimate of drug-likeness (QED) is 0.423. The molecule has 1 rings (SSSR count). The van der Waals surface area contributed by atoms with Crippen LogP contribution in [0.15, 0.2) is 24.3 Å². The van der Waals surface area contributed by atoms with Crippen molar-refractivity contribution in [3.8, 4) is 0 Å². The molecule has 1 nitrogen and oxygen atoms in total. The van der Waals surface area contributed by atoms with Crippen LogP contribution in [0.4, 0.5) is 0 Å². The van der Waals surface area contributed by atoms with Gasteiger partial charge in [-0.3, -0.25) is 0 Å². The molecule has 0 aliphatic heterocycles. The van der Waals surface area contributed by atoms with E-state index < -0.39 is 0 Å². The van der Waals surface area contributed by atoms with Crippen LogP contribution in [-0.2, 0) is 18.7 Å². The van der Waals surface area contributed by atoms with Gasteiger partial charge in [-0.2, -0.15) is 14.1 Å². The van der Waals surface area contributed by atoms with Gasteiger partial charge >= 0.3 is 65.5 Å². The fourth-order valence-corrected chi connectivity index (χ4v) is 6.56. The number of nitrogens with zero attached hydrogens (tertiary/aromatic N) is 1. The Kier molecular flexibility index (Phi) is 16.3. The zero-order valence-corrected chi connectivity index (χ0v) is 18.3. The number of hydrogen-bond donors (Lipinski definition) is 0. The molecule has 0 saturated carbocycles. The molecule has 132 valence electrons. The Bertz CT molecular complexity index is 370. The molecule has 0 atom stereocenters. The zero-order chi connectivity index (χ0) is 17.7. The van der Waals surface area contributed by atoms with Crippen molar-refractivity contribution in [2.75, 3.05) is 14.1 Å². The number of benzene rings is 1. The van der Waals surface area contributed by atoms with Gasteiger partial charge in [0.1, 0.15) is 0 Å². The third-order valence-electron chi connectivity index (χ3n) is 3.08. The summed E-state index contributed by atoms with van der Waals surface area (Å²) >= 11 is 3.04. The normalized spacial score (nSPS) is 10.3. The third-order valence-corrected chi connectivity index (χ3v) is 7.14. The molecule has 0 aromatic heterocycles. The van der Waals surface area contributed by atoms with E-state index in [0.717, 1.165) is 17.0 Å². The molecule has 0 saturated heterocycles. The van der Waals surface area contributed by atoms with E-state index in [0.29, 0.717) is 0 Å². The summed E-state index contributed by atoms with van der Waals surface area (Å²) in [5.41, 5.74) is 5.27. The second-order valence-electron chi connectivity index (χ2n) is 6.12. The predicted octanol–water partition coefficient (Wildman–Crippen LogP) is 6.01. The summed E-state index contributed by atoms with van der Waals surface area (Å²) in [5, 5.41) is 3.50. The van der Waals surface area contributed by atoms with Gasteiger partial charge in [0.2, 0.25) is 0 Å². The fourth-order valence-electron chi connectivity index (χ4n) is 2.48. The van der Waals surface area contributed by atoms with Crippen LogP contribution < -0.4 is 0 Å². The molecule has 0 N–H and O–H groups in total. The van der Waals surface area contributed by atoms with Crippen LogP contribution in [0.1, 0.15) is 52.7 Å². The van der Waals surface area contributed by atoms with Crippen LogP contribution in [0.2, 0.25) is 0 Å². The van der Waals surface area contributed by atoms with Crippen LogP contribution in [0.25, 0.3) is 5.32 Å². The van der Waals surface area contributed by atoms with Crippen LogP contribution in [0.5, 0.6) is 0 Å². The number of rotatable bonds is 4. The second-order valence-corrected chi connectivity index (χ2v) is 10.6. The second kappa shape index (κ2) is 14.7. The van der Waals surface area contributed by atoms with E-state index in [9.17, 15) is 0 Å². The number of aryl methyl sites for hydroxylation is 1. The standard InChI is InChI=1S/C9H21P.C8H8.C2H6N.Pd/c1-7(2)10(8(3)4)9(5)6;1-7-5-3-4-6-8(7)2;1-3-2;/h7-9H,1-6H3;1,3-6H,2H3;1-2H3;/q;;-1;. The van der Waals surface area contributed by atoms with E-state index in [1.165, 1.54) is 11.1 Å². The Morgan fingerprint density at radius 3 is 1.45 bits per heavy atom. The van der Waals surface area contributed by atoms with Crippen LogP contribution in [-0.4, -0.2) is 35.6 Å². The van der Waals surface area contributed by atoms with Crippen molar-refractivity contribution in [2.24, 2.45) is 0 Å². The summed E-state index contributed by atoms with van der Waals surface area (Å²) in [6.45, 7) is 16.2. The van der Waals surface area contributed by atoms with Gasteiger partial charge in [0.15, 0.2) is 0 Å². The van der Waals surface area contributed by atoms with Gasteiger partial charge in [-0.15, -0.1) is 0 Å². The Morgan fingerprint density at radius 2 is 1.27 bits per heavy atom. The van der Waals surface area contributed by atoms with E-state index in [2.05, 4.69) is 84.7 Å². The van der Waals surface area contributed by atoms with E-state index in [4.69, 9.17) is 0 Å². The van der Waals surface area contributed by atoms with E-state index >= 15 is 0 Å². The van der Waals surface area contributed by atoms with E-state index in [1.54, 1.807) is 14.1 Å². The van der Waals surface area contributed by atoms with Gasteiger partial charge in [-0.25, -0.2) is 0 Å². The Morgan fingerprint density at radius 1 is 0.909 bits per heavy atom. The molecule has 0 aliphatic rings. The molecule has 0 aliphatic carbocycles. The monoisotopic (exact) mass is 414 g/mol. The summed E-state index contributed by atoms with van der Waals surface area (Å²) in [5.74, 6) is 0. The van der Waals surface area contributed by atoms with Crippen LogP contribution >= 0.6 is 7.92 Å². The average Bonchev–Trinajstić information content (AvgIpc) is 2.39. The minimum atomic E-state index is 0.262. The third kappa shape index (κ3) is 11.7. The molecule has 0 radical (unpaired) electrons. The summed E-state index contributed by atoms with van der Waals surface area (Å²) < 4.78 is 1.97. The molecule has 1 aromatic carbocycles. The van der Waals surface area contributed by atoms with Gasteiger partial charge < -0.3 is 5.32 Å².